The molecule has 11 heteroatoms. The van der Waals surface area contributed by atoms with Crippen molar-refractivity contribution in [3.8, 4) is 22.8 Å². The van der Waals surface area contributed by atoms with E-state index in [0.717, 1.165) is 54.9 Å². The van der Waals surface area contributed by atoms with E-state index in [2.05, 4.69) is 15.0 Å². The summed E-state index contributed by atoms with van der Waals surface area (Å²) in [5.74, 6) is -0.142. The van der Waals surface area contributed by atoms with E-state index in [4.69, 9.17) is 19.3 Å². The molecule has 0 aliphatic carbocycles. The summed E-state index contributed by atoms with van der Waals surface area (Å²) in [5, 5.41) is 19.8. The largest absolute Gasteiger partial charge is 0.479 e. The Balaban J connectivity index is 1.27. The number of halogens is 1. The summed E-state index contributed by atoms with van der Waals surface area (Å²) in [5.41, 5.74) is 4.03. The van der Waals surface area contributed by atoms with E-state index in [1.807, 2.05) is 30.9 Å². The summed E-state index contributed by atoms with van der Waals surface area (Å²) < 4.78 is 34.7. The van der Waals surface area contributed by atoms with Gasteiger partial charge in [0.2, 0.25) is 12.3 Å². The second kappa shape index (κ2) is 9.46. The van der Waals surface area contributed by atoms with Crippen LogP contribution in [0.5, 0.6) is 5.88 Å². The fourth-order valence-corrected chi connectivity index (χ4v) is 6.01. The lowest BCUT2D eigenvalue weighted by atomic mass is 9.84. The third-order valence-corrected chi connectivity index (χ3v) is 7.90. The Morgan fingerprint density at radius 3 is 2.89 bits per heavy atom. The number of fused-ring (bicyclic) bond motifs is 2. The molecular formula is C26H33FN6O4. The Morgan fingerprint density at radius 1 is 1.24 bits per heavy atom. The van der Waals surface area contributed by atoms with Crippen LogP contribution in [0, 0.1) is 11.7 Å². The molecule has 6 heterocycles. The first kappa shape index (κ1) is 24.5. The normalized spacial score (nSPS) is 25.5. The molecule has 10 nitrogen and oxygen atoms in total. The average molecular weight is 513 g/mol. The van der Waals surface area contributed by atoms with Crippen LogP contribution in [0.3, 0.4) is 0 Å². The average Bonchev–Trinajstić information content (AvgIpc) is 3.47. The van der Waals surface area contributed by atoms with E-state index >= 15 is 0 Å². The maximum Gasteiger partial charge on any atom is 0.250 e. The number of methoxy groups -OCH3 is 1. The van der Waals surface area contributed by atoms with E-state index in [9.17, 15) is 9.50 Å². The van der Waals surface area contributed by atoms with Crippen molar-refractivity contribution in [2.24, 2.45) is 5.92 Å². The summed E-state index contributed by atoms with van der Waals surface area (Å²) in [4.78, 5) is 6.16. The number of rotatable bonds is 5. The van der Waals surface area contributed by atoms with E-state index < -0.39 is 12.2 Å². The summed E-state index contributed by atoms with van der Waals surface area (Å²) in [6, 6.07) is 1.58. The van der Waals surface area contributed by atoms with Gasteiger partial charge < -0.3 is 19.3 Å². The van der Waals surface area contributed by atoms with E-state index in [1.165, 1.54) is 13.2 Å². The van der Waals surface area contributed by atoms with Gasteiger partial charge in [0.1, 0.15) is 0 Å². The topological polar surface area (TPSA) is 99.7 Å². The molecule has 0 spiro atoms. The lowest BCUT2D eigenvalue weighted by Crippen LogP contribution is -2.48. The Hall–Kier alpha value is -2.86. The summed E-state index contributed by atoms with van der Waals surface area (Å²) >= 11 is 0. The Labute approximate surface area is 214 Å². The van der Waals surface area contributed by atoms with Gasteiger partial charge in [-0.1, -0.05) is 0 Å². The van der Waals surface area contributed by atoms with Gasteiger partial charge in [0.15, 0.2) is 5.82 Å². The summed E-state index contributed by atoms with van der Waals surface area (Å²) in [7, 11) is 1.40. The fourth-order valence-electron chi connectivity index (χ4n) is 6.01. The zero-order valence-electron chi connectivity index (χ0n) is 21.4. The minimum absolute atomic E-state index is 0.0419. The monoisotopic (exact) mass is 512 g/mol. The first-order valence-corrected chi connectivity index (χ1v) is 12.9. The molecule has 3 aliphatic heterocycles. The van der Waals surface area contributed by atoms with E-state index in [-0.39, 0.29) is 17.5 Å². The maximum absolute atomic E-state index is 14.5. The van der Waals surface area contributed by atoms with Crippen LogP contribution < -0.4 is 4.74 Å². The SMILES string of the molecule is COc1ncc(-n2nc(-c3cnn(CC4CCN5C(O)OC(C)(C)C5C4)c3)c3c2CCOCC3)cc1F. The molecule has 0 radical (unpaired) electrons. The number of hydrogen-bond donors (Lipinski definition) is 1. The summed E-state index contributed by atoms with van der Waals surface area (Å²) in [6.07, 6.45) is 7.96. The molecule has 0 bridgehead atoms. The van der Waals surface area contributed by atoms with Gasteiger partial charge in [0, 0.05) is 48.9 Å². The van der Waals surface area contributed by atoms with Gasteiger partial charge in [-0.3, -0.25) is 4.68 Å². The van der Waals surface area contributed by atoms with Gasteiger partial charge in [0.05, 0.1) is 55.4 Å². The van der Waals surface area contributed by atoms with Gasteiger partial charge in [-0.15, -0.1) is 0 Å². The molecule has 3 unspecified atom stereocenters. The molecular weight excluding hydrogens is 479 g/mol. The summed E-state index contributed by atoms with van der Waals surface area (Å²) in [6.45, 7) is 6.88. The molecule has 0 saturated carbocycles. The van der Waals surface area contributed by atoms with Crippen LogP contribution in [0.25, 0.3) is 16.9 Å². The number of nitrogens with zero attached hydrogens (tertiary/aromatic N) is 6. The third-order valence-electron chi connectivity index (χ3n) is 7.90. The van der Waals surface area contributed by atoms with Crippen LogP contribution in [-0.2, 0) is 28.9 Å². The number of pyridine rings is 1. The molecule has 0 amide bonds. The van der Waals surface area contributed by atoms with Crippen LogP contribution in [0.15, 0.2) is 24.7 Å². The van der Waals surface area contributed by atoms with Crippen LogP contribution in [0.2, 0.25) is 0 Å². The van der Waals surface area contributed by atoms with Gasteiger partial charge in [-0.05, 0) is 39.0 Å². The second-order valence-corrected chi connectivity index (χ2v) is 10.6. The zero-order valence-corrected chi connectivity index (χ0v) is 21.4. The Morgan fingerprint density at radius 2 is 2.08 bits per heavy atom. The Kier molecular flexibility index (Phi) is 6.26. The minimum Gasteiger partial charge on any atom is -0.479 e. The van der Waals surface area contributed by atoms with Gasteiger partial charge in [-0.2, -0.15) is 10.2 Å². The van der Waals surface area contributed by atoms with Crippen molar-refractivity contribution in [2.45, 2.75) is 64.1 Å². The highest BCUT2D eigenvalue weighted by molar-refractivity contribution is 5.64. The molecule has 37 heavy (non-hydrogen) atoms. The lowest BCUT2D eigenvalue weighted by molar-refractivity contribution is -0.168. The van der Waals surface area contributed by atoms with Gasteiger partial charge in [0.25, 0.3) is 0 Å². The van der Waals surface area contributed by atoms with Crippen molar-refractivity contribution in [1.29, 1.82) is 0 Å². The molecule has 3 aromatic rings. The zero-order chi connectivity index (χ0) is 25.7. The predicted octanol–water partition coefficient (Wildman–Crippen LogP) is 2.56. The first-order chi connectivity index (χ1) is 17.8. The number of hydrogen-bond acceptors (Lipinski definition) is 8. The molecule has 198 valence electrons. The van der Waals surface area contributed by atoms with Crippen LogP contribution >= 0.6 is 0 Å². The molecule has 1 N–H and O–H groups in total. The molecule has 0 aromatic carbocycles. The number of piperidine rings is 1. The molecule has 2 saturated heterocycles. The lowest BCUT2D eigenvalue weighted by Gasteiger charge is -2.38. The standard InChI is InChI=1S/C26H33FN6O4/c1-26(2)22-10-16(4-7-32(22)25(34)37-26)14-31-15-17(12-29-31)23-19-5-8-36-9-6-21(19)33(30-23)18-11-20(27)24(35-3)28-13-18/h11-13,15-16,22,25,34H,4-10,14H2,1-3H3. The number of aliphatic hydroxyl groups excluding tert-OH is 1. The Bertz CT molecular complexity index is 1290. The van der Waals surface area contributed by atoms with Crippen molar-refractivity contribution < 1.29 is 23.7 Å². The van der Waals surface area contributed by atoms with Crippen LogP contribution in [-0.4, -0.2) is 79.5 Å². The number of aromatic nitrogens is 5. The van der Waals surface area contributed by atoms with Crippen LogP contribution in [0.4, 0.5) is 4.39 Å². The molecule has 2 fully saturated rings. The van der Waals surface area contributed by atoms with Crippen molar-refractivity contribution in [3.63, 3.8) is 0 Å². The third kappa shape index (κ3) is 4.43. The number of ether oxygens (including phenoxy) is 3. The van der Waals surface area contributed by atoms with Crippen molar-refractivity contribution in [2.75, 3.05) is 26.9 Å². The smallest absolute Gasteiger partial charge is 0.250 e. The van der Waals surface area contributed by atoms with E-state index in [0.29, 0.717) is 31.2 Å². The minimum atomic E-state index is -0.819. The van der Waals surface area contributed by atoms with Gasteiger partial charge >= 0.3 is 0 Å². The fraction of sp³-hybridized carbons (Fsp3) is 0.577. The molecule has 6 rings (SSSR count). The number of aliphatic hydroxyl groups is 1. The van der Waals surface area contributed by atoms with E-state index in [1.54, 1.807) is 10.9 Å². The molecule has 3 aliphatic rings. The predicted molar refractivity (Wildman–Crippen MR) is 132 cm³/mol. The van der Waals surface area contributed by atoms with Crippen molar-refractivity contribution >= 4 is 0 Å². The van der Waals surface area contributed by atoms with Gasteiger partial charge in [-0.25, -0.2) is 19.0 Å². The van der Waals surface area contributed by atoms with Crippen molar-refractivity contribution in [3.05, 3.63) is 41.7 Å². The molecule has 3 atom stereocenters. The highest BCUT2D eigenvalue weighted by Crippen LogP contribution is 2.39. The quantitative estimate of drug-likeness (QED) is 0.557. The second-order valence-electron chi connectivity index (χ2n) is 10.6. The molecule has 3 aromatic heterocycles. The van der Waals surface area contributed by atoms with Crippen LogP contribution in [0.1, 0.15) is 37.9 Å². The maximum atomic E-state index is 14.5. The highest BCUT2D eigenvalue weighted by Gasteiger charge is 2.49. The highest BCUT2D eigenvalue weighted by atomic mass is 19.1. The van der Waals surface area contributed by atoms with Crippen molar-refractivity contribution in [1.82, 2.24) is 29.4 Å². The first-order valence-electron chi connectivity index (χ1n) is 12.9.